The Morgan fingerprint density at radius 2 is 2.00 bits per heavy atom. The van der Waals surface area contributed by atoms with E-state index >= 15 is 0 Å². The van der Waals surface area contributed by atoms with Gasteiger partial charge in [-0.2, -0.15) is 0 Å². The zero-order chi connectivity index (χ0) is 16.5. The number of aryl methyl sites for hydroxylation is 1. The molecule has 24 heavy (non-hydrogen) atoms. The highest BCUT2D eigenvalue weighted by atomic mass is 35.5. The molecule has 0 saturated carbocycles. The van der Waals surface area contributed by atoms with E-state index in [4.69, 9.17) is 16.6 Å². The smallest absolute Gasteiger partial charge is 0.0828 e. The van der Waals surface area contributed by atoms with Crippen LogP contribution < -0.4 is 5.32 Å². The normalized spacial score (nSPS) is 16.8. The van der Waals surface area contributed by atoms with E-state index in [2.05, 4.69) is 17.4 Å². The summed E-state index contributed by atoms with van der Waals surface area (Å²) in [5.41, 5.74) is 5.02. The summed E-state index contributed by atoms with van der Waals surface area (Å²) in [7, 11) is 0. The van der Waals surface area contributed by atoms with Crippen LogP contribution in [0.1, 0.15) is 35.8 Å². The standard InChI is InChI=1S/C20H19ClN2O/c21-14-9-10-16-15(11-14)20(22-12-13-5-2-1-3-6-13)19-17(23-16)7-4-8-18(19)24/h1-3,5-6,9-11,18,24H,4,7-8,12H2,(H,22,23). The molecule has 2 aromatic carbocycles. The van der Waals surface area contributed by atoms with Gasteiger partial charge >= 0.3 is 0 Å². The quantitative estimate of drug-likeness (QED) is 0.716. The number of pyridine rings is 1. The van der Waals surface area contributed by atoms with Crippen molar-refractivity contribution in [2.24, 2.45) is 0 Å². The van der Waals surface area contributed by atoms with E-state index in [9.17, 15) is 5.11 Å². The largest absolute Gasteiger partial charge is 0.388 e. The molecule has 4 rings (SSSR count). The third-order valence-electron chi connectivity index (χ3n) is 4.60. The van der Waals surface area contributed by atoms with Crippen LogP contribution >= 0.6 is 11.6 Å². The van der Waals surface area contributed by atoms with E-state index in [1.165, 1.54) is 5.56 Å². The highest BCUT2D eigenvalue weighted by Gasteiger charge is 2.24. The minimum Gasteiger partial charge on any atom is -0.388 e. The second-order valence-corrected chi connectivity index (χ2v) is 6.69. The number of benzene rings is 2. The summed E-state index contributed by atoms with van der Waals surface area (Å²) in [5, 5.41) is 15.7. The van der Waals surface area contributed by atoms with Crippen LogP contribution in [0.4, 0.5) is 5.69 Å². The van der Waals surface area contributed by atoms with Gasteiger partial charge in [-0.3, -0.25) is 4.98 Å². The van der Waals surface area contributed by atoms with Crippen LogP contribution in [0.2, 0.25) is 5.02 Å². The fraction of sp³-hybridized carbons (Fsp3) is 0.250. The average Bonchev–Trinajstić information content (AvgIpc) is 2.60. The Morgan fingerprint density at radius 3 is 2.83 bits per heavy atom. The second-order valence-electron chi connectivity index (χ2n) is 6.26. The van der Waals surface area contributed by atoms with Gasteiger partial charge in [0.15, 0.2) is 0 Å². The highest BCUT2D eigenvalue weighted by Crippen LogP contribution is 2.39. The molecule has 0 aliphatic heterocycles. The fourth-order valence-corrected chi connectivity index (χ4v) is 3.61. The number of anilines is 1. The monoisotopic (exact) mass is 338 g/mol. The number of hydrogen-bond donors (Lipinski definition) is 2. The van der Waals surface area contributed by atoms with Gasteiger partial charge in [-0.15, -0.1) is 0 Å². The maximum Gasteiger partial charge on any atom is 0.0828 e. The van der Waals surface area contributed by atoms with Crippen molar-refractivity contribution in [2.45, 2.75) is 31.9 Å². The molecular weight excluding hydrogens is 320 g/mol. The van der Waals surface area contributed by atoms with E-state index in [-0.39, 0.29) is 0 Å². The minimum absolute atomic E-state index is 0.470. The summed E-state index contributed by atoms with van der Waals surface area (Å²) in [4.78, 5) is 4.76. The van der Waals surface area contributed by atoms with Gasteiger partial charge in [0.1, 0.15) is 0 Å². The van der Waals surface area contributed by atoms with Crippen LogP contribution in [0.25, 0.3) is 10.9 Å². The molecule has 1 atom stereocenters. The number of aliphatic hydroxyl groups excluding tert-OH is 1. The zero-order valence-corrected chi connectivity index (χ0v) is 14.1. The lowest BCUT2D eigenvalue weighted by Gasteiger charge is -2.25. The first-order valence-electron chi connectivity index (χ1n) is 8.30. The lowest BCUT2D eigenvalue weighted by atomic mass is 9.90. The molecule has 0 bridgehead atoms. The summed E-state index contributed by atoms with van der Waals surface area (Å²) in [6.07, 6.45) is 2.19. The van der Waals surface area contributed by atoms with Crippen molar-refractivity contribution in [1.29, 1.82) is 0 Å². The van der Waals surface area contributed by atoms with Gasteiger partial charge < -0.3 is 10.4 Å². The van der Waals surface area contributed by atoms with Gasteiger partial charge in [0.2, 0.25) is 0 Å². The van der Waals surface area contributed by atoms with Crippen LogP contribution in [0.3, 0.4) is 0 Å². The van der Waals surface area contributed by atoms with Crippen molar-refractivity contribution in [3.8, 4) is 0 Å². The molecule has 2 N–H and O–H groups in total. The first-order chi connectivity index (χ1) is 11.7. The van der Waals surface area contributed by atoms with Gasteiger partial charge in [0.05, 0.1) is 17.3 Å². The summed E-state index contributed by atoms with van der Waals surface area (Å²) in [5.74, 6) is 0. The van der Waals surface area contributed by atoms with Crippen molar-refractivity contribution in [2.75, 3.05) is 5.32 Å². The summed E-state index contributed by atoms with van der Waals surface area (Å²) in [6.45, 7) is 0.700. The number of hydrogen-bond acceptors (Lipinski definition) is 3. The van der Waals surface area contributed by atoms with E-state index in [1.54, 1.807) is 0 Å². The van der Waals surface area contributed by atoms with Crippen LogP contribution in [-0.4, -0.2) is 10.1 Å². The Labute approximate surface area is 146 Å². The molecule has 0 spiro atoms. The molecule has 3 aromatic rings. The summed E-state index contributed by atoms with van der Waals surface area (Å²) in [6, 6.07) is 16.0. The zero-order valence-electron chi connectivity index (χ0n) is 13.3. The van der Waals surface area contributed by atoms with Gasteiger partial charge in [-0.25, -0.2) is 0 Å². The highest BCUT2D eigenvalue weighted by molar-refractivity contribution is 6.31. The van der Waals surface area contributed by atoms with E-state index < -0.39 is 6.10 Å². The number of rotatable bonds is 3. The number of nitrogens with zero attached hydrogens (tertiary/aromatic N) is 1. The second kappa shape index (κ2) is 6.42. The van der Waals surface area contributed by atoms with Crippen molar-refractivity contribution in [3.05, 3.63) is 70.4 Å². The number of nitrogens with one attached hydrogen (secondary N) is 1. The van der Waals surface area contributed by atoms with Gasteiger partial charge in [0.25, 0.3) is 0 Å². The SMILES string of the molecule is OC1CCCc2nc3ccc(Cl)cc3c(NCc3ccccc3)c21. The Morgan fingerprint density at radius 1 is 1.17 bits per heavy atom. The van der Waals surface area contributed by atoms with Crippen LogP contribution in [0.15, 0.2) is 48.5 Å². The van der Waals surface area contributed by atoms with Crippen molar-refractivity contribution in [1.82, 2.24) is 4.98 Å². The first kappa shape index (κ1) is 15.4. The lowest BCUT2D eigenvalue weighted by Crippen LogP contribution is -2.15. The van der Waals surface area contributed by atoms with Gasteiger partial charge in [0, 0.05) is 28.2 Å². The van der Waals surface area contributed by atoms with Crippen LogP contribution in [-0.2, 0) is 13.0 Å². The van der Waals surface area contributed by atoms with Crippen molar-refractivity contribution in [3.63, 3.8) is 0 Å². The van der Waals surface area contributed by atoms with E-state index in [0.29, 0.717) is 11.6 Å². The Balaban J connectivity index is 1.83. The van der Waals surface area contributed by atoms with Crippen molar-refractivity contribution < 1.29 is 5.11 Å². The molecule has 3 nitrogen and oxygen atoms in total. The predicted molar refractivity (Wildman–Crippen MR) is 98.4 cm³/mol. The molecule has 4 heteroatoms. The number of fused-ring (bicyclic) bond motifs is 2. The first-order valence-corrected chi connectivity index (χ1v) is 8.68. The molecule has 0 radical (unpaired) electrons. The maximum absolute atomic E-state index is 10.6. The maximum atomic E-state index is 10.6. The van der Waals surface area contributed by atoms with Gasteiger partial charge in [-0.1, -0.05) is 41.9 Å². The topological polar surface area (TPSA) is 45.2 Å². The van der Waals surface area contributed by atoms with E-state index in [0.717, 1.165) is 47.1 Å². The third-order valence-corrected chi connectivity index (χ3v) is 4.84. The molecule has 1 aliphatic rings. The molecule has 1 heterocycles. The molecule has 0 amide bonds. The van der Waals surface area contributed by atoms with Gasteiger partial charge in [-0.05, 0) is 43.0 Å². The molecule has 1 aromatic heterocycles. The Bertz CT molecular complexity index is 880. The van der Waals surface area contributed by atoms with Crippen LogP contribution in [0, 0.1) is 0 Å². The molecule has 1 aliphatic carbocycles. The molecule has 1 unspecified atom stereocenters. The number of aromatic nitrogens is 1. The third kappa shape index (κ3) is 2.85. The molecular formula is C20H19ClN2O. The van der Waals surface area contributed by atoms with Crippen molar-refractivity contribution >= 4 is 28.2 Å². The minimum atomic E-state index is -0.470. The van der Waals surface area contributed by atoms with E-state index in [1.807, 2.05) is 36.4 Å². The average molecular weight is 339 g/mol. The summed E-state index contributed by atoms with van der Waals surface area (Å²) >= 11 is 6.21. The van der Waals surface area contributed by atoms with Crippen LogP contribution in [0.5, 0.6) is 0 Å². The fourth-order valence-electron chi connectivity index (χ4n) is 3.43. The molecule has 0 fully saturated rings. The number of halogens is 1. The number of aliphatic hydroxyl groups is 1. The molecule has 0 saturated heterocycles. The predicted octanol–water partition coefficient (Wildman–Crippen LogP) is 4.87. The Hall–Kier alpha value is -2.10. The molecule has 122 valence electrons. The summed E-state index contributed by atoms with van der Waals surface area (Å²) < 4.78 is 0. The Kier molecular flexibility index (Phi) is 4.13. The lowest BCUT2D eigenvalue weighted by molar-refractivity contribution is 0.156.